The highest BCUT2D eigenvalue weighted by Gasteiger charge is 2.13. The molecule has 4 heteroatoms. The Morgan fingerprint density at radius 2 is 2.00 bits per heavy atom. The molecule has 0 fully saturated rings. The van der Waals surface area contributed by atoms with Crippen molar-refractivity contribution in [3.05, 3.63) is 36.0 Å². The number of aromatic nitrogens is 1. The van der Waals surface area contributed by atoms with E-state index in [-0.39, 0.29) is 17.2 Å². The van der Waals surface area contributed by atoms with E-state index in [4.69, 9.17) is 0 Å². The van der Waals surface area contributed by atoms with Crippen LogP contribution in [0.1, 0.15) is 49.4 Å². The molecule has 0 aliphatic carbocycles. The van der Waals surface area contributed by atoms with E-state index < -0.39 is 0 Å². The summed E-state index contributed by atoms with van der Waals surface area (Å²) >= 11 is 0. The number of carbonyl (C=O) groups excluding carboxylic acids is 1. The molecular weight excluding hydrogens is 264 g/mol. The van der Waals surface area contributed by atoms with Crippen molar-refractivity contribution in [1.29, 1.82) is 0 Å². The highest BCUT2D eigenvalue weighted by atomic mass is 16.3. The number of pyridine rings is 1. The number of nitrogens with one attached hydrogen (secondary N) is 1. The first-order chi connectivity index (χ1) is 10.2. The normalized spacial score (nSPS) is 10.7. The molecule has 4 nitrogen and oxygen atoms in total. The number of amides is 1. The number of hydrogen-bond acceptors (Lipinski definition) is 3. The van der Waals surface area contributed by atoms with Gasteiger partial charge in [-0.05, 0) is 18.6 Å². The lowest BCUT2D eigenvalue weighted by molar-refractivity contribution is 0.0950. The maximum atomic E-state index is 12.1. The summed E-state index contributed by atoms with van der Waals surface area (Å²) in [6.45, 7) is 2.82. The van der Waals surface area contributed by atoms with Crippen LogP contribution in [0, 0.1) is 0 Å². The highest BCUT2D eigenvalue weighted by Crippen LogP contribution is 2.26. The summed E-state index contributed by atoms with van der Waals surface area (Å²) in [6.07, 6.45) is 7.36. The van der Waals surface area contributed by atoms with Crippen LogP contribution in [0.2, 0.25) is 0 Å². The molecule has 2 rings (SSSR count). The zero-order valence-electron chi connectivity index (χ0n) is 12.4. The van der Waals surface area contributed by atoms with Gasteiger partial charge in [0.1, 0.15) is 5.52 Å². The molecule has 0 bridgehead atoms. The third-order valence-electron chi connectivity index (χ3n) is 3.56. The molecule has 2 aromatic rings. The SMILES string of the molecule is CCCCCCCNC(=O)c1ccc2cccnc2c1O. The van der Waals surface area contributed by atoms with Crippen molar-refractivity contribution in [1.82, 2.24) is 10.3 Å². The van der Waals surface area contributed by atoms with E-state index >= 15 is 0 Å². The van der Waals surface area contributed by atoms with Crippen LogP contribution in [0.3, 0.4) is 0 Å². The lowest BCUT2D eigenvalue weighted by atomic mass is 10.1. The van der Waals surface area contributed by atoms with E-state index in [0.29, 0.717) is 12.1 Å². The molecule has 1 aromatic carbocycles. The minimum absolute atomic E-state index is 0.0448. The van der Waals surface area contributed by atoms with E-state index in [1.165, 1.54) is 19.3 Å². The van der Waals surface area contributed by atoms with Gasteiger partial charge in [0.25, 0.3) is 5.91 Å². The van der Waals surface area contributed by atoms with E-state index in [1.807, 2.05) is 6.07 Å². The number of phenols is 1. The molecular formula is C17H22N2O2. The lowest BCUT2D eigenvalue weighted by Crippen LogP contribution is -2.24. The predicted molar refractivity (Wildman–Crippen MR) is 84.5 cm³/mol. The first kappa shape index (κ1) is 15.3. The van der Waals surface area contributed by atoms with Gasteiger partial charge in [-0.1, -0.05) is 44.7 Å². The Labute approximate surface area is 125 Å². The summed E-state index contributed by atoms with van der Waals surface area (Å²) < 4.78 is 0. The third-order valence-corrected chi connectivity index (χ3v) is 3.56. The Hall–Kier alpha value is -2.10. The quantitative estimate of drug-likeness (QED) is 0.764. The Bertz CT molecular complexity index is 611. The van der Waals surface area contributed by atoms with Crippen molar-refractivity contribution in [3.8, 4) is 5.75 Å². The van der Waals surface area contributed by atoms with Crippen molar-refractivity contribution in [3.63, 3.8) is 0 Å². The zero-order chi connectivity index (χ0) is 15.1. The summed E-state index contributed by atoms with van der Waals surface area (Å²) in [4.78, 5) is 16.2. The number of carbonyl (C=O) groups is 1. The number of rotatable bonds is 7. The van der Waals surface area contributed by atoms with Crippen molar-refractivity contribution in [2.24, 2.45) is 0 Å². The second-order valence-electron chi connectivity index (χ2n) is 5.21. The van der Waals surface area contributed by atoms with Crippen molar-refractivity contribution in [2.75, 3.05) is 6.54 Å². The van der Waals surface area contributed by atoms with Crippen LogP contribution in [0.25, 0.3) is 10.9 Å². The predicted octanol–water partition coefficient (Wildman–Crippen LogP) is 3.64. The number of nitrogens with zero attached hydrogens (tertiary/aromatic N) is 1. The molecule has 0 radical (unpaired) electrons. The molecule has 0 unspecified atom stereocenters. The maximum absolute atomic E-state index is 12.1. The van der Waals surface area contributed by atoms with E-state index in [9.17, 15) is 9.90 Å². The molecule has 0 spiro atoms. The summed E-state index contributed by atoms with van der Waals surface area (Å²) in [5, 5.41) is 13.8. The minimum Gasteiger partial charge on any atom is -0.505 e. The topological polar surface area (TPSA) is 62.2 Å². The largest absolute Gasteiger partial charge is 0.505 e. The second kappa shape index (κ2) is 7.62. The Morgan fingerprint density at radius 1 is 1.19 bits per heavy atom. The van der Waals surface area contributed by atoms with Gasteiger partial charge in [-0.15, -0.1) is 0 Å². The Morgan fingerprint density at radius 3 is 2.81 bits per heavy atom. The van der Waals surface area contributed by atoms with Crippen LogP contribution in [0.5, 0.6) is 5.75 Å². The average molecular weight is 286 g/mol. The molecule has 0 atom stereocenters. The molecule has 0 aliphatic heterocycles. The van der Waals surface area contributed by atoms with Crippen LogP contribution < -0.4 is 5.32 Å². The molecule has 21 heavy (non-hydrogen) atoms. The van der Waals surface area contributed by atoms with Crippen molar-refractivity contribution >= 4 is 16.8 Å². The summed E-state index contributed by atoms with van der Waals surface area (Å²) in [5.74, 6) is -0.285. The van der Waals surface area contributed by atoms with E-state index in [2.05, 4.69) is 17.2 Å². The molecule has 0 aliphatic rings. The smallest absolute Gasteiger partial charge is 0.255 e. The average Bonchev–Trinajstić information content (AvgIpc) is 2.51. The van der Waals surface area contributed by atoms with Gasteiger partial charge in [-0.25, -0.2) is 0 Å². The fourth-order valence-corrected chi connectivity index (χ4v) is 2.34. The van der Waals surface area contributed by atoms with Crippen LogP contribution in [-0.2, 0) is 0 Å². The summed E-state index contributed by atoms with van der Waals surface area (Å²) in [5.41, 5.74) is 0.753. The van der Waals surface area contributed by atoms with Gasteiger partial charge in [-0.3, -0.25) is 9.78 Å². The molecule has 1 heterocycles. The highest BCUT2D eigenvalue weighted by molar-refractivity contribution is 6.02. The van der Waals surface area contributed by atoms with Crippen molar-refractivity contribution < 1.29 is 9.90 Å². The van der Waals surface area contributed by atoms with Gasteiger partial charge in [0.15, 0.2) is 5.75 Å². The molecule has 1 amide bonds. The minimum atomic E-state index is -0.240. The van der Waals surface area contributed by atoms with Gasteiger partial charge in [0, 0.05) is 18.1 Å². The van der Waals surface area contributed by atoms with Crippen LogP contribution in [-0.4, -0.2) is 22.5 Å². The van der Waals surface area contributed by atoms with E-state index in [0.717, 1.165) is 18.2 Å². The Kier molecular flexibility index (Phi) is 5.55. The molecule has 0 saturated carbocycles. The fraction of sp³-hybridized carbons (Fsp3) is 0.412. The van der Waals surface area contributed by atoms with Gasteiger partial charge in [0.2, 0.25) is 0 Å². The molecule has 0 saturated heterocycles. The lowest BCUT2D eigenvalue weighted by Gasteiger charge is -2.08. The van der Waals surface area contributed by atoms with Crippen LogP contribution >= 0.6 is 0 Å². The van der Waals surface area contributed by atoms with Crippen LogP contribution in [0.15, 0.2) is 30.5 Å². The van der Waals surface area contributed by atoms with E-state index in [1.54, 1.807) is 24.4 Å². The summed E-state index contributed by atoms with van der Waals surface area (Å²) in [7, 11) is 0. The standard InChI is InChI=1S/C17H22N2O2/c1-2-3-4-5-6-11-19-17(21)14-10-9-13-8-7-12-18-15(13)16(14)20/h7-10,12,20H,2-6,11H2,1H3,(H,19,21). The number of fused-ring (bicyclic) bond motifs is 1. The second-order valence-corrected chi connectivity index (χ2v) is 5.21. The number of phenolic OH excluding ortho intramolecular Hbond substituents is 1. The maximum Gasteiger partial charge on any atom is 0.255 e. The Balaban J connectivity index is 1.95. The summed E-state index contributed by atoms with van der Waals surface area (Å²) in [6, 6.07) is 7.11. The number of aromatic hydroxyl groups is 1. The van der Waals surface area contributed by atoms with Gasteiger partial charge in [-0.2, -0.15) is 0 Å². The number of unbranched alkanes of at least 4 members (excludes halogenated alkanes) is 4. The van der Waals surface area contributed by atoms with Crippen LogP contribution in [0.4, 0.5) is 0 Å². The number of benzene rings is 1. The van der Waals surface area contributed by atoms with Crippen molar-refractivity contribution in [2.45, 2.75) is 39.0 Å². The van der Waals surface area contributed by atoms with Gasteiger partial charge in [0.05, 0.1) is 5.56 Å². The molecule has 112 valence electrons. The monoisotopic (exact) mass is 286 g/mol. The first-order valence-electron chi connectivity index (χ1n) is 7.59. The number of hydrogen-bond donors (Lipinski definition) is 2. The third kappa shape index (κ3) is 3.94. The zero-order valence-corrected chi connectivity index (χ0v) is 12.4. The van der Waals surface area contributed by atoms with Gasteiger partial charge < -0.3 is 10.4 Å². The first-order valence-corrected chi connectivity index (χ1v) is 7.59. The van der Waals surface area contributed by atoms with Gasteiger partial charge >= 0.3 is 0 Å². The molecule has 1 aromatic heterocycles. The molecule has 2 N–H and O–H groups in total. The fourth-order valence-electron chi connectivity index (χ4n) is 2.34.